The molecule has 2 aromatic heterocycles. The Morgan fingerprint density at radius 3 is 2.95 bits per heavy atom. The number of likely N-dealkylation sites (N-methyl/N-ethyl adjacent to an activating group) is 1. The summed E-state index contributed by atoms with van der Waals surface area (Å²) in [5.41, 5.74) is 4.63. The molecular weight excluding hydrogens is 283 g/mol. The van der Waals surface area contributed by atoms with Gasteiger partial charge in [0.2, 0.25) is 0 Å². The fourth-order valence-corrected chi connectivity index (χ4v) is 2.47. The Balaban J connectivity index is 2.06. The number of nitrogens with two attached hydrogens (primary N) is 1. The summed E-state index contributed by atoms with van der Waals surface area (Å²) in [4.78, 5) is 7.81. The van der Waals surface area contributed by atoms with Gasteiger partial charge in [-0.25, -0.2) is 18.9 Å². The van der Waals surface area contributed by atoms with Crippen LogP contribution < -0.4 is 11.1 Å². The zero-order chi connectivity index (χ0) is 15.2. The molecule has 1 aliphatic rings. The topological polar surface area (TPSA) is 131 Å². The Bertz CT molecular complexity index is 660. The molecule has 5 N–H and O–H groups in total. The third-order valence-electron chi connectivity index (χ3n) is 3.71. The van der Waals surface area contributed by atoms with Crippen LogP contribution in [-0.2, 0) is 4.74 Å². The first-order chi connectivity index (χ1) is 10.0. The summed E-state index contributed by atoms with van der Waals surface area (Å²) in [5.74, 6) is 0.146. The highest BCUT2D eigenvalue weighted by atomic mass is 19.1. The first kappa shape index (κ1) is 14.1. The molecule has 114 valence electrons. The normalized spacial score (nSPS) is 32.9. The van der Waals surface area contributed by atoms with E-state index < -0.39 is 30.7 Å². The molecule has 3 heterocycles. The Hall–Kier alpha value is -1.88. The first-order valence-electron chi connectivity index (χ1n) is 6.28. The van der Waals surface area contributed by atoms with Crippen molar-refractivity contribution in [1.29, 1.82) is 0 Å². The lowest BCUT2D eigenvalue weighted by Crippen LogP contribution is -2.55. The van der Waals surface area contributed by atoms with Crippen LogP contribution in [0.3, 0.4) is 0 Å². The van der Waals surface area contributed by atoms with Gasteiger partial charge >= 0.3 is 0 Å². The smallest absolute Gasteiger partial charge is 0.196 e. The molecule has 3 rings (SSSR count). The summed E-state index contributed by atoms with van der Waals surface area (Å²) in [7, 11) is 1.46. The van der Waals surface area contributed by atoms with Crippen molar-refractivity contribution in [3.05, 3.63) is 18.2 Å². The summed E-state index contributed by atoms with van der Waals surface area (Å²) in [6, 6.07) is 0. The predicted octanol–water partition coefficient (Wildman–Crippen LogP) is -1.62. The van der Waals surface area contributed by atoms with Crippen molar-refractivity contribution >= 4 is 11.5 Å². The minimum absolute atomic E-state index is 0.146. The maximum atomic E-state index is 14.4. The molecule has 1 fully saturated rings. The molecule has 1 saturated heterocycles. The molecule has 2 aromatic rings. The van der Waals surface area contributed by atoms with Crippen molar-refractivity contribution in [3.63, 3.8) is 0 Å². The number of imidazole rings is 1. The average molecular weight is 298 g/mol. The second-order valence-corrected chi connectivity index (χ2v) is 4.79. The third kappa shape index (κ3) is 1.87. The Morgan fingerprint density at radius 2 is 2.33 bits per heavy atom. The number of rotatable bonds is 3. The zero-order valence-electron chi connectivity index (χ0n) is 11.1. The van der Waals surface area contributed by atoms with Gasteiger partial charge in [0.05, 0.1) is 18.5 Å². The average Bonchev–Trinajstić information content (AvgIpc) is 3.02. The quantitative estimate of drug-likeness (QED) is 0.532. The second-order valence-electron chi connectivity index (χ2n) is 4.79. The number of nitrogens with zero attached hydrogens (tertiary/aromatic N) is 4. The van der Waals surface area contributed by atoms with Gasteiger partial charge in [-0.2, -0.15) is 5.10 Å². The number of nitrogens with one attached hydrogen (secondary N) is 1. The molecule has 0 aliphatic carbocycles. The summed E-state index contributed by atoms with van der Waals surface area (Å²) >= 11 is 0. The van der Waals surface area contributed by atoms with Gasteiger partial charge in [0.1, 0.15) is 18.5 Å². The van der Waals surface area contributed by atoms with Gasteiger partial charge in [-0.1, -0.05) is 0 Å². The lowest BCUT2D eigenvalue weighted by molar-refractivity contribution is -0.130. The van der Waals surface area contributed by atoms with Gasteiger partial charge in [-0.15, -0.1) is 0 Å². The van der Waals surface area contributed by atoms with Crippen LogP contribution in [0.15, 0.2) is 12.5 Å². The van der Waals surface area contributed by atoms with Crippen LogP contribution in [0.5, 0.6) is 0 Å². The van der Waals surface area contributed by atoms with Crippen LogP contribution in [0.25, 0.3) is 5.65 Å². The maximum absolute atomic E-state index is 14.4. The predicted molar refractivity (Wildman–Crippen MR) is 68.8 cm³/mol. The fourth-order valence-electron chi connectivity index (χ4n) is 2.47. The SMILES string of the molecule is CN[C@]1(CO)O[C@@H](c2cnc3c(N)ncnn23)[C@H](F)[C@@H]1O. The highest BCUT2D eigenvalue weighted by Crippen LogP contribution is 2.40. The van der Waals surface area contributed by atoms with E-state index >= 15 is 0 Å². The molecule has 0 aromatic carbocycles. The van der Waals surface area contributed by atoms with Crippen LogP contribution >= 0.6 is 0 Å². The van der Waals surface area contributed by atoms with Crippen molar-refractivity contribution in [3.8, 4) is 0 Å². The van der Waals surface area contributed by atoms with Crippen molar-refractivity contribution < 1.29 is 19.3 Å². The molecule has 0 amide bonds. The number of hydrogen-bond donors (Lipinski definition) is 4. The molecule has 0 unspecified atom stereocenters. The molecule has 0 radical (unpaired) electrons. The van der Waals surface area contributed by atoms with Gasteiger partial charge in [0.15, 0.2) is 23.4 Å². The number of anilines is 1. The number of aliphatic hydroxyl groups is 2. The summed E-state index contributed by atoms with van der Waals surface area (Å²) < 4.78 is 21.2. The number of alkyl halides is 1. The number of aliphatic hydroxyl groups excluding tert-OH is 2. The van der Waals surface area contributed by atoms with Crippen LogP contribution in [0, 0.1) is 0 Å². The molecule has 0 saturated carbocycles. The highest BCUT2D eigenvalue weighted by Gasteiger charge is 2.55. The van der Waals surface area contributed by atoms with E-state index in [0.717, 1.165) is 0 Å². The number of ether oxygens (including phenoxy) is 1. The van der Waals surface area contributed by atoms with Crippen molar-refractivity contribution in [2.45, 2.75) is 24.1 Å². The second kappa shape index (κ2) is 4.84. The van der Waals surface area contributed by atoms with Crippen molar-refractivity contribution in [2.75, 3.05) is 19.4 Å². The highest BCUT2D eigenvalue weighted by molar-refractivity contribution is 5.58. The van der Waals surface area contributed by atoms with Gasteiger partial charge < -0.3 is 20.7 Å². The number of halogens is 1. The Morgan fingerprint density at radius 1 is 1.57 bits per heavy atom. The minimum Gasteiger partial charge on any atom is -0.392 e. The van der Waals surface area contributed by atoms with Gasteiger partial charge in [-0.3, -0.25) is 5.32 Å². The number of fused-ring (bicyclic) bond motifs is 1. The minimum atomic E-state index is -1.76. The van der Waals surface area contributed by atoms with Crippen LogP contribution in [0.2, 0.25) is 0 Å². The molecule has 0 spiro atoms. The van der Waals surface area contributed by atoms with Gasteiger partial charge in [0.25, 0.3) is 0 Å². The molecule has 4 atom stereocenters. The van der Waals surface area contributed by atoms with E-state index in [4.69, 9.17) is 10.5 Å². The summed E-state index contributed by atoms with van der Waals surface area (Å²) in [6.07, 6.45) is -1.89. The van der Waals surface area contributed by atoms with Crippen molar-refractivity contribution in [1.82, 2.24) is 24.9 Å². The largest absolute Gasteiger partial charge is 0.392 e. The van der Waals surface area contributed by atoms with E-state index in [9.17, 15) is 14.6 Å². The number of aromatic nitrogens is 4. The monoisotopic (exact) mass is 298 g/mol. The lowest BCUT2D eigenvalue weighted by Gasteiger charge is -2.28. The fraction of sp³-hybridized carbons (Fsp3) is 0.545. The van der Waals surface area contributed by atoms with Crippen LogP contribution in [0.4, 0.5) is 10.2 Å². The van der Waals surface area contributed by atoms with E-state index in [1.807, 2.05) is 0 Å². The summed E-state index contributed by atoms with van der Waals surface area (Å²) in [6.45, 7) is -0.588. The molecule has 0 bridgehead atoms. The number of nitrogen functional groups attached to an aromatic ring is 1. The Labute approximate surface area is 118 Å². The van der Waals surface area contributed by atoms with E-state index in [-0.39, 0.29) is 17.2 Å². The van der Waals surface area contributed by atoms with Crippen LogP contribution in [0.1, 0.15) is 11.8 Å². The van der Waals surface area contributed by atoms with Crippen molar-refractivity contribution in [2.24, 2.45) is 0 Å². The summed E-state index contributed by atoms with van der Waals surface area (Å²) in [5, 5.41) is 26.0. The van der Waals surface area contributed by atoms with E-state index in [1.54, 1.807) is 0 Å². The first-order valence-corrected chi connectivity index (χ1v) is 6.28. The van der Waals surface area contributed by atoms with E-state index in [2.05, 4.69) is 20.4 Å². The van der Waals surface area contributed by atoms with Gasteiger partial charge in [0, 0.05) is 0 Å². The third-order valence-corrected chi connectivity index (χ3v) is 3.71. The van der Waals surface area contributed by atoms with E-state index in [0.29, 0.717) is 0 Å². The van der Waals surface area contributed by atoms with E-state index in [1.165, 1.54) is 24.1 Å². The van der Waals surface area contributed by atoms with Crippen LogP contribution in [-0.4, -0.2) is 61.5 Å². The molecular formula is C11H15FN6O3. The molecule has 1 aliphatic heterocycles. The zero-order valence-corrected chi connectivity index (χ0v) is 11.1. The lowest BCUT2D eigenvalue weighted by atomic mass is 10.0. The molecule has 10 heteroatoms. The molecule has 21 heavy (non-hydrogen) atoms. The molecule has 9 nitrogen and oxygen atoms in total. The standard InChI is InChI=1S/C11H15FN6O3/c1-14-11(3-19)8(20)6(12)7(21-11)5-2-15-10-9(13)16-4-17-18(5)10/h2,4,6-8,14,19-20H,3H2,1H3,(H2,13,16,17)/t6-,7-,8-,11+/m0/s1. The number of hydrogen-bond acceptors (Lipinski definition) is 8. The Kier molecular flexibility index (Phi) is 3.24. The maximum Gasteiger partial charge on any atom is 0.196 e. The van der Waals surface area contributed by atoms with Gasteiger partial charge in [-0.05, 0) is 7.05 Å².